The Kier molecular flexibility index (Phi) is 8.93. The highest BCUT2D eigenvalue weighted by atomic mass is 35.5. The molecule has 5 aromatic rings. The van der Waals surface area contributed by atoms with Gasteiger partial charge in [0.25, 0.3) is 5.56 Å². The molecule has 2 heterocycles. The highest BCUT2D eigenvalue weighted by Gasteiger charge is 2.24. The number of nitrogens with zero attached hydrogens (tertiary/aromatic N) is 5. The quantitative estimate of drug-likeness (QED) is 0.203. The normalized spacial score (nSPS) is 12.0. The number of rotatable bonds is 8. The van der Waals surface area contributed by atoms with Crippen molar-refractivity contribution in [2.45, 2.75) is 38.8 Å². The van der Waals surface area contributed by atoms with E-state index in [2.05, 4.69) is 20.6 Å². The van der Waals surface area contributed by atoms with Crippen LogP contribution in [0.15, 0.2) is 96.2 Å². The Hall–Kier alpha value is -4.80. The smallest absolute Gasteiger partial charge is 0.338 e. The number of carbonyl (C=O) groups excluding carboxylic acids is 2. The van der Waals surface area contributed by atoms with E-state index in [4.69, 9.17) is 27.9 Å². The fourth-order valence-electron chi connectivity index (χ4n) is 4.47. The minimum absolute atomic E-state index is 0.198. The Bertz CT molecular complexity index is 1860. The Morgan fingerprint density at radius 1 is 0.977 bits per heavy atom. The molecule has 10 nitrogen and oxygen atoms in total. The van der Waals surface area contributed by atoms with Gasteiger partial charge < -0.3 is 10.1 Å². The summed E-state index contributed by atoms with van der Waals surface area (Å²) in [6, 6.07) is 21.2. The summed E-state index contributed by atoms with van der Waals surface area (Å²) in [7, 11) is 0. The zero-order valence-corrected chi connectivity index (χ0v) is 25.6. The third-order valence-electron chi connectivity index (χ3n) is 6.48. The Labute approximate surface area is 263 Å². The van der Waals surface area contributed by atoms with Crippen molar-refractivity contribution in [1.82, 2.24) is 24.5 Å². The van der Waals surface area contributed by atoms with Gasteiger partial charge in [-0.2, -0.15) is 0 Å². The van der Waals surface area contributed by atoms with E-state index >= 15 is 0 Å². The maximum Gasteiger partial charge on any atom is 0.338 e. The summed E-state index contributed by atoms with van der Waals surface area (Å²) >= 11 is 12.3. The van der Waals surface area contributed by atoms with Crippen LogP contribution in [0, 0.1) is 0 Å². The van der Waals surface area contributed by atoms with Gasteiger partial charge in [0, 0.05) is 28.8 Å². The average Bonchev–Trinajstić information content (AvgIpc) is 3.42. The maximum absolute atomic E-state index is 13.7. The van der Waals surface area contributed by atoms with Gasteiger partial charge in [0.05, 0.1) is 29.5 Å². The first kappa shape index (κ1) is 30.7. The number of anilines is 1. The number of benzene rings is 3. The van der Waals surface area contributed by atoms with E-state index in [9.17, 15) is 14.4 Å². The first-order chi connectivity index (χ1) is 21.0. The van der Waals surface area contributed by atoms with Crippen molar-refractivity contribution in [2.24, 2.45) is 0 Å². The van der Waals surface area contributed by atoms with Crippen LogP contribution < -0.4 is 10.9 Å². The molecule has 1 amide bonds. The van der Waals surface area contributed by atoms with Crippen molar-refractivity contribution in [3.05, 3.63) is 123 Å². The van der Waals surface area contributed by atoms with Crippen LogP contribution in [-0.2, 0) is 16.0 Å². The summed E-state index contributed by atoms with van der Waals surface area (Å²) < 4.78 is 8.16. The van der Waals surface area contributed by atoms with E-state index in [0.29, 0.717) is 33.2 Å². The molecular weight excluding hydrogens is 603 g/mol. The van der Waals surface area contributed by atoms with Gasteiger partial charge in [0.15, 0.2) is 5.15 Å². The molecule has 12 heteroatoms. The summed E-state index contributed by atoms with van der Waals surface area (Å²) in [5, 5.41) is 11.3. The highest BCUT2D eigenvalue weighted by molar-refractivity contribution is 6.31. The fourth-order valence-corrected chi connectivity index (χ4v) is 4.77. The van der Waals surface area contributed by atoms with Crippen LogP contribution in [0.25, 0.3) is 16.9 Å². The highest BCUT2D eigenvalue weighted by Crippen LogP contribution is 2.28. The van der Waals surface area contributed by atoms with Crippen molar-refractivity contribution in [3.8, 4) is 16.9 Å². The Morgan fingerprint density at radius 3 is 2.34 bits per heavy atom. The molecule has 0 saturated heterocycles. The molecule has 1 unspecified atom stereocenters. The number of nitrogens with one attached hydrogen (secondary N) is 1. The second-order valence-corrected chi connectivity index (χ2v) is 11.8. The van der Waals surface area contributed by atoms with Gasteiger partial charge in [-0.3, -0.25) is 14.2 Å². The van der Waals surface area contributed by atoms with Gasteiger partial charge >= 0.3 is 5.97 Å². The summed E-state index contributed by atoms with van der Waals surface area (Å²) in [5.41, 5.74) is 1.98. The van der Waals surface area contributed by atoms with Crippen molar-refractivity contribution in [1.29, 1.82) is 0 Å². The average molecular weight is 632 g/mol. The predicted octanol–water partition coefficient (Wildman–Crippen LogP) is 6.18. The molecule has 1 N–H and O–H groups in total. The molecule has 5 rings (SSSR count). The van der Waals surface area contributed by atoms with Crippen LogP contribution in [0.1, 0.15) is 42.7 Å². The Balaban J connectivity index is 1.45. The van der Waals surface area contributed by atoms with Crippen LogP contribution in [0.2, 0.25) is 10.2 Å². The molecule has 224 valence electrons. The topological polar surface area (TPSA) is 121 Å². The van der Waals surface area contributed by atoms with E-state index in [1.807, 2.05) is 30.3 Å². The number of aromatic nitrogens is 5. The molecule has 0 aliphatic rings. The lowest BCUT2D eigenvalue weighted by Gasteiger charge is -2.20. The molecule has 0 spiro atoms. The third kappa shape index (κ3) is 7.39. The minimum atomic E-state index is -0.940. The number of ether oxygens (including phenoxy) is 1. The lowest BCUT2D eigenvalue weighted by Crippen LogP contribution is -2.34. The predicted molar refractivity (Wildman–Crippen MR) is 168 cm³/mol. The standard InChI is InChI=1S/C32H28Cl2N6O4/c1-32(2,3)44-31(43)21-9-12-23(13-10-21)36-30(42)27(15-20-7-5-4-6-8-20)39-19-35-25(17-29(39)41)24-16-22(33)11-14-26(24)40-18-28(34)37-38-40/h4-14,16-19,27H,15H2,1-3H3,(H,36,42). The monoisotopic (exact) mass is 630 g/mol. The van der Waals surface area contributed by atoms with E-state index < -0.39 is 29.1 Å². The van der Waals surface area contributed by atoms with Gasteiger partial charge in [-0.05, 0) is 68.8 Å². The van der Waals surface area contributed by atoms with Crippen LogP contribution in [0.4, 0.5) is 5.69 Å². The number of halogens is 2. The van der Waals surface area contributed by atoms with Crippen LogP contribution in [0.3, 0.4) is 0 Å². The van der Waals surface area contributed by atoms with Gasteiger partial charge in [-0.1, -0.05) is 58.7 Å². The Morgan fingerprint density at radius 2 is 1.70 bits per heavy atom. The van der Waals surface area contributed by atoms with E-state index in [-0.39, 0.29) is 11.6 Å². The molecule has 0 fully saturated rings. The first-order valence-electron chi connectivity index (χ1n) is 13.6. The molecule has 2 aromatic heterocycles. The van der Waals surface area contributed by atoms with Gasteiger partial charge in [0.2, 0.25) is 5.91 Å². The SMILES string of the molecule is CC(C)(C)OC(=O)c1ccc(NC(=O)C(Cc2ccccc2)n2cnc(-c3cc(Cl)ccc3-n3cc(Cl)nn3)cc2=O)cc1. The van der Waals surface area contributed by atoms with Gasteiger partial charge in [0.1, 0.15) is 11.6 Å². The van der Waals surface area contributed by atoms with E-state index in [1.54, 1.807) is 63.2 Å². The fraction of sp³-hybridized carbons (Fsp3) is 0.188. The third-order valence-corrected chi connectivity index (χ3v) is 6.89. The van der Waals surface area contributed by atoms with Gasteiger partial charge in [-0.25, -0.2) is 14.5 Å². The molecule has 0 aliphatic heterocycles. The number of hydrogen-bond acceptors (Lipinski definition) is 7. The second-order valence-electron chi connectivity index (χ2n) is 10.9. The molecule has 0 bridgehead atoms. The van der Waals surface area contributed by atoms with Crippen LogP contribution in [-0.4, -0.2) is 42.0 Å². The zero-order chi connectivity index (χ0) is 31.4. The zero-order valence-electron chi connectivity index (χ0n) is 24.1. The summed E-state index contributed by atoms with van der Waals surface area (Å²) in [5.74, 6) is -0.902. The van der Waals surface area contributed by atoms with Gasteiger partial charge in [-0.15, -0.1) is 5.10 Å². The second kappa shape index (κ2) is 12.8. The maximum atomic E-state index is 13.7. The van der Waals surface area contributed by atoms with Crippen molar-refractivity contribution < 1.29 is 14.3 Å². The van der Waals surface area contributed by atoms with Crippen molar-refractivity contribution in [3.63, 3.8) is 0 Å². The van der Waals surface area contributed by atoms with E-state index in [0.717, 1.165) is 5.56 Å². The van der Waals surface area contributed by atoms with Crippen molar-refractivity contribution >= 4 is 40.8 Å². The summed E-state index contributed by atoms with van der Waals surface area (Å²) in [6.45, 7) is 5.36. The minimum Gasteiger partial charge on any atom is -0.456 e. The molecule has 0 aliphatic carbocycles. The number of amides is 1. The molecule has 3 aromatic carbocycles. The molecule has 0 radical (unpaired) electrons. The largest absolute Gasteiger partial charge is 0.456 e. The lowest BCUT2D eigenvalue weighted by molar-refractivity contribution is -0.119. The van der Waals surface area contributed by atoms with Crippen LogP contribution in [0.5, 0.6) is 0 Å². The first-order valence-corrected chi connectivity index (χ1v) is 14.4. The molecule has 0 saturated carbocycles. The number of esters is 1. The van der Waals surface area contributed by atoms with Crippen LogP contribution >= 0.6 is 23.2 Å². The van der Waals surface area contributed by atoms with Crippen molar-refractivity contribution in [2.75, 3.05) is 5.32 Å². The lowest BCUT2D eigenvalue weighted by atomic mass is 10.0. The summed E-state index contributed by atoms with van der Waals surface area (Å²) in [6.07, 6.45) is 3.09. The summed E-state index contributed by atoms with van der Waals surface area (Å²) in [4.78, 5) is 44.2. The molecule has 1 atom stereocenters. The number of hydrogen-bond donors (Lipinski definition) is 1. The number of carbonyl (C=O) groups is 2. The van der Waals surface area contributed by atoms with E-state index in [1.165, 1.54) is 27.8 Å². The molecule has 44 heavy (non-hydrogen) atoms. The molecular formula is C32H28Cl2N6O4.